The summed E-state index contributed by atoms with van der Waals surface area (Å²) in [5.41, 5.74) is 4.28. The Morgan fingerprint density at radius 1 is 1.05 bits per heavy atom. The van der Waals surface area contributed by atoms with Crippen molar-refractivity contribution < 1.29 is 0 Å². The summed E-state index contributed by atoms with van der Waals surface area (Å²) >= 11 is 1.99. The van der Waals surface area contributed by atoms with Gasteiger partial charge in [-0.15, -0.1) is 11.8 Å². The minimum Gasteiger partial charge on any atom is -0.312 e. The molecule has 0 amide bonds. The number of benzene rings is 2. The van der Waals surface area contributed by atoms with E-state index in [0.717, 1.165) is 6.42 Å². The number of thioether (sulfide) groups is 1. The fourth-order valence-corrected chi connectivity index (χ4v) is 4.13. The Morgan fingerprint density at radius 3 is 2.53 bits per heavy atom. The highest BCUT2D eigenvalue weighted by atomic mass is 32.2. The maximum atomic E-state index is 3.48. The van der Waals surface area contributed by atoms with E-state index in [1.807, 2.05) is 11.8 Å². The molecule has 0 spiro atoms. The highest BCUT2D eigenvalue weighted by Gasteiger charge is 2.31. The van der Waals surface area contributed by atoms with Gasteiger partial charge in [0, 0.05) is 16.2 Å². The second kappa shape index (κ2) is 5.40. The Labute approximate surface area is 119 Å². The second-order valence-electron chi connectivity index (χ2n) is 5.14. The van der Waals surface area contributed by atoms with E-state index >= 15 is 0 Å². The fourth-order valence-electron chi connectivity index (χ4n) is 2.80. The lowest BCUT2D eigenvalue weighted by atomic mass is 10.1. The summed E-state index contributed by atoms with van der Waals surface area (Å²) in [7, 11) is 2.06. The lowest BCUT2D eigenvalue weighted by Crippen LogP contribution is -2.23. The summed E-state index contributed by atoms with van der Waals surface area (Å²) in [6.07, 6.45) is 1.15. The second-order valence-corrected chi connectivity index (χ2v) is 6.45. The third kappa shape index (κ3) is 2.56. The minimum absolute atomic E-state index is 0.461. The molecule has 1 N–H and O–H groups in total. The number of aryl methyl sites for hydroxylation is 1. The summed E-state index contributed by atoms with van der Waals surface area (Å²) in [5, 5.41) is 4.07. The lowest BCUT2D eigenvalue weighted by Gasteiger charge is -2.19. The van der Waals surface area contributed by atoms with Gasteiger partial charge in [-0.05, 0) is 43.7 Å². The van der Waals surface area contributed by atoms with Gasteiger partial charge in [-0.3, -0.25) is 0 Å². The van der Waals surface area contributed by atoms with E-state index in [1.165, 1.54) is 21.6 Å². The standard InChI is InChI=1S/C17H19NS/c1-12-7-9-14(10-8-12)19-16-11-13-5-3-4-6-15(13)17(16)18-2/h3-10,16-18H,11H2,1-2H3. The van der Waals surface area contributed by atoms with Crippen LogP contribution in [0.3, 0.4) is 0 Å². The van der Waals surface area contributed by atoms with Crippen molar-refractivity contribution in [2.45, 2.75) is 29.5 Å². The third-order valence-corrected chi connectivity index (χ3v) is 5.09. The summed E-state index contributed by atoms with van der Waals surface area (Å²) in [5.74, 6) is 0. The van der Waals surface area contributed by atoms with Crippen LogP contribution in [0.5, 0.6) is 0 Å². The van der Waals surface area contributed by atoms with Crippen molar-refractivity contribution in [3.05, 3.63) is 65.2 Å². The first-order valence-electron chi connectivity index (χ1n) is 6.76. The van der Waals surface area contributed by atoms with Crippen molar-refractivity contribution in [2.75, 3.05) is 7.05 Å². The number of rotatable bonds is 3. The molecule has 2 atom stereocenters. The van der Waals surface area contributed by atoms with Crippen molar-refractivity contribution in [1.82, 2.24) is 5.32 Å². The highest BCUT2D eigenvalue weighted by Crippen LogP contribution is 2.41. The maximum absolute atomic E-state index is 3.48. The molecule has 2 aromatic rings. The smallest absolute Gasteiger partial charge is 0.0447 e. The first-order chi connectivity index (χ1) is 9.28. The van der Waals surface area contributed by atoms with Crippen LogP contribution >= 0.6 is 11.8 Å². The molecule has 0 heterocycles. The number of hydrogen-bond donors (Lipinski definition) is 1. The molecule has 1 nitrogen and oxygen atoms in total. The maximum Gasteiger partial charge on any atom is 0.0447 e. The molecule has 0 bridgehead atoms. The van der Waals surface area contributed by atoms with Crippen LogP contribution < -0.4 is 5.32 Å². The zero-order chi connectivity index (χ0) is 13.2. The Hall–Kier alpha value is -1.25. The highest BCUT2D eigenvalue weighted by molar-refractivity contribution is 8.00. The van der Waals surface area contributed by atoms with E-state index in [0.29, 0.717) is 11.3 Å². The van der Waals surface area contributed by atoms with E-state index in [1.54, 1.807) is 0 Å². The van der Waals surface area contributed by atoms with Crippen molar-refractivity contribution in [1.29, 1.82) is 0 Å². The van der Waals surface area contributed by atoms with Crippen LogP contribution in [0.25, 0.3) is 0 Å². The van der Waals surface area contributed by atoms with Gasteiger partial charge in [-0.1, -0.05) is 42.0 Å². The Morgan fingerprint density at radius 2 is 1.79 bits per heavy atom. The summed E-state index contributed by atoms with van der Waals surface area (Å²) in [6, 6.07) is 18.1. The molecule has 1 aliphatic carbocycles. The zero-order valence-electron chi connectivity index (χ0n) is 11.4. The van der Waals surface area contributed by atoms with E-state index in [4.69, 9.17) is 0 Å². The first-order valence-corrected chi connectivity index (χ1v) is 7.64. The van der Waals surface area contributed by atoms with E-state index in [2.05, 4.69) is 67.8 Å². The predicted molar refractivity (Wildman–Crippen MR) is 82.8 cm³/mol. The van der Waals surface area contributed by atoms with E-state index < -0.39 is 0 Å². The molecule has 0 aliphatic heterocycles. The zero-order valence-corrected chi connectivity index (χ0v) is 12.2. The van der Waals surface area contributed by atoms with Gasteiger partial charge in [-0.2, -0.15) is 0 Å². The third-order valence-electron chi connectivity index (χ3n) is 3.80. The largest absolute Gasteiger partial charge is 0.312 e. The molecule has 19 heavy (non-hydrogen) atoms. The predicted octanol–water partition coefficient (Wildman–Crippen LogP) is 3.97. The molecule has 0 radical (unpaired) electrons. The fraction of sp³-hybridized carbons (Fsp3) is 0.294. The SMILES string of the molecule is CNC1c2ccccc2CC1Sc1ccc(C)cc1. The van der Waals surface area contributed by atoms with Crippen LogP contribution in [-0.4, -0.2) is 12.3 Å². The van der Waals surface area contributed by atoms with Gasteiger partial charge in [0.05, 0.1) is 0 Å². The van der Waals surface area contributed by atoms with Gasteiger partial charge in [0.15, 0.2) is 0 Å². The van der Waals surface area contributed by atoms with Crippen LogP contribution in [0, 0.1) is 6.92 Å². The van der Waals surface area contributed by atoms with Crippen molar-refractivity contribution in [2.24, 2.45) is 0 Å². The van der Waals surface area contributed by atoms with Crippen LogP contribution in [0.15, 0.2) is 53.4 Å². The Bertz CT molecular complexity index is 562. The molecule has 2 aromatic carbocycles. The van der Waals surface area contributed by atoms with Gasteiger partial charge in [0.2, 0.25) is 0 Å². The Kier molecular flexibility index (Phi) is 3.63. The van der Waals surface area contributed by atoms with Crippen LogP contribution in [-0.2, 0) is 6.42 Å². The minimum atomic E-state index is 0.461. The quantitative estimate of drug-likeness (QED) is 0.904. The average Bonchev–Trinajstić information content (AvgIpc) is 2.78. The van der Waals surface area contributed by atoms with Crippen molar-refractivity contribution in [3.63, 3.8) is 0 Å². The molecule has 0 saturated carbocycles. The van der Waals surface area contributed by atoms with Gasteiger partial charge in [0.1, 0.15) is 0 Å². The average molecular weight is 269 g/mol. The monoisotopic (exact) mass is 269 g/mol. The molecule has 2 unspecified atom stereocenters. The molecule has 0 fully saturated rings. The Balaban J connectivity index is 1.81. The molecule has 0 saturated heterocycles. The molecular formula is C17H19NS. The number of hydrogen-bond acceptors (Lipinski definition) is 2. The molecular weight excluding hydrogens is 250 g/mol. The van der Waals surface area contributed by atoms with Crippen molar-refractivity contribution >= 4 is 11.8 Å². The summed E-state index contributed by atoms with van der Waals surface area (Å²) in [4.78, 5) is 1.36. The molecule has 2 heteroatoms. The van der Waals surface area contributed by atoms with Gasteiger partial charge < -0.3 is 5.32 Å². The molecule has 98 valence electrons. The lowest BCUT2D eigenvalue weighted by molar-refractivity contribution is 0.603. The van der Waals surface area contributed by atoms with Gasteiger partial charge >= 0.3 is 0 Å². The number of nitrogens with one attached hydrogen (secondary N) is 1. The summed E-state index contributed by atoms with van der Waals surface area (Å²) in [6.45, 7) is 2.14. The molecule has 0 aromatic heterocycles. The summed E-state index contributed by atoms with van der Waals surface area (Å²) < 4.78 is 0. The normalized spacial score (nSPS) is 21.4. The van der Waals surface area contributed by atoms with E-state index in [9.17, 15) is 0 Å². The first kappa shape index (κ1) is 12.8. The van der Waals surface area contributed by atoms with Gasteiger partial charge in [0.25, 0.3) is 0 Å². The molecule has 3 rings (SSSR count). The van der Waals surface area contributed by atoms with E-state index in [-0.39, 0.29) is 0 Å². The van der Waals surface area contributed by atoms with Crippen LogP contribution in [0.1, 0.15) is 22.7 Å². The molecule has 1 aliphatic rings. The van der Waals surface area contributed by atoms with Crippen molar-refractivity contribution in [3.8, 4) is 0 Å². The topological polar surface area (TPSA) is 12.0 Å². The van der Waals surface area contributed by atoms with Crippen LogP contribution in [0.2, 0.25) is 0 Å². The van der Waals surface area contributed by atoms with Crippen LogP contribution in [0.4, 0.5) is 0 Å². The number of fused-ring (bicyclic) bond motifs is 1. The van der Waals surface area contributed by atoms with Gasteiger partial charge in [-0.25, -0.2) is 0 Å².